The Kier molecular flexibility index (Phi) is 4.94. The number of hydrogen-bond acceptors (Lipinski definition) is 4. The molecule has 2 N–H and O–H groups in total. The lowest BCUT2D eigenvalue weighted by molar-refractivity contribution is -0.123. The highest BCUT2D eigenvalue weighted by molar-refractivity contribution is 7.09. The molecule has 2 aromatic rings. The van der Waals surface area contributed by atoms with Gasteiger partial charge in [-0.25, -0.2) is 4.79 Å². The maximum Gasteiger partial charge on any atom is 0.335 e. The fourth-order valence-corrected chi connectivity index (χ4v) is 2.38. The van der Waals surface area contributed by atoms with E-state index in [1.54, 1.807) is 24.3 Å². The summed E-state index contributed by atoms with van der Waals surface area (Å²) in [7, 11) is 0. The van der Waals surface area contributed by atoms with Crippen LogP contribution in [0.2, 0.25) is 0 Å². The Morgan fingerprint density at radius 1 is 1.33 bits per heavy atom. The Morgan fingerprint density at radius 2 is 2.14 bits per heavy atom. The SMILES string of the molecule is Cc1cc(C(=O)O)ccc1OCC(=O)NCc1cccs1. The van der Waals surface area contributed by atoms with Gasteiger partial charge in [0, 0.05) is 4.88 Å². The van der Waals surface area contributed by atoms with Crippen LogP contribution >= 0.6 is 11.3 Å². The fourth-order valence-electron chi connectivity index (χ4n) is 1.74. The number of carbonyl (C=O) groups excluding carboxylic acids is 1. The second kappa shape index (κ2) is 6.90. The molecular weight excluding hydrogens is 290 g/mol. The minimum Gasteiger partial charge on any atom is -0.484 e. The van der Waals surface area contributed by atoms with E-state index >= 15 is 0 Å². The number of amides is 1. The Bertz CT molecular complexity index is 637. The fraction of sp³-hybridized carbons (Fsp3) is 0.200. The minimum atomic E-state index is -0.988. The van der Waals surface area contributed by atoms with Gasteiger partial charge in [0.15, 0.2) is 6.61 Å². The number of carboxylic acids is 1. The Hall–Kier alpha value is -2.34. The van der Waals surface area contributed by atoms with Crippen molar-refractivity contribution in [3.63, 3.8) is 0 Å². The van der Waals surface area contributed by atoms with Crippen molar-refractivity contribution in [2.45, 2.75) is 13.5 Å². The van der Waals surface area contributed by atoms with Crippen LogP contribution in [-0.2, 0) is 11.3 Å². The Morgan fingerprint density at radius 3 is 2.76 bits per heavy atom. The van der Waals surface area contributed by atoms with Gasteiger partial charge in [-0.1, -0.05) is 6.07 Å². The molecule has 0 aliphatic carbocycles. The van der Waals surface area contributed by atoms with E-state index in [2.05, 4.69) is 5.32 Å². The number of nitrogens with one attached hydrogen (secondary N) is 1. The van der Waals surface area contributed by atoms with Gasteiger partial charge in [0.05, 0.1) is 12.1 Å². The molecule has 0 aliphatic heterocycles. The summed E-state index contributed by atoms with van der Waals surface area (Å²) in [4.78, 5) is 23.6. The summed E-state index contributed by atoms with van der Waals surface area (Å²) in [5.41, 5.74) is 0.878. The van der Waals surface area contributed by atoms with Gasteiger partial charge in [-0.2, -0.15) is 0 Å². The molecule has 5 nitrogen and oxygen atoms in total. The molecule has 110 valence electrons. The zero-order valence-corrected chi connectivity index (χ0v) is 12.3. The van der Waals surface area contributed by atoms with Gasteiger partial charge >= 0.3 is 5.97 Å². The molecular formula is C15H15NO4S. The van der Waals surface area contributed by atoms with Gasteiger partial charge in [-0.15, -0.1) is 11.3 Å². The highest BCUT2D eigenvalue weighted by atomic mass is 32.1. The number of benzene rings is 1. The van der Waals surface area contributed by atoms with E-state index in [1.165, 1.54) is 12.1 Å². The van der Waals surface area contributed by atoms with Gasteiger partial charge in [-0.05, 0) is 42.1 Å². The third-order valence-corrected chi connectivity index (χ3v) is 3.70. The van der Waals surface area contributed by atoms with E-state index in [9.17, 15) is 9.59 Å². The van der Waals surface area contributed by atoms with Gasteiger partial charge < -0.3 is 15.2 Å². The second-order valence-corrected chi connectivity index (χ2v) is 5.46. The molecule has 1 amide bonds. The molecule has 0 saturated heterocycles. The smallest absolute Gasteiger partial charge is 0.335 e. The summed E-state index contributed by atoms with van der Waals surface area (Å²) >= 11 is 1.57. The van der Waals surface area contributed by atoms with Crippen LogP contribution in [0.5, 0.6) is 5.75 Å². The number of thiophene rings is 1. The van der Waals surface area contributed by atoms with Crippen molar-refractivity contribution in [2.75, 3.05) is 6.61 Å². The van der Waals surface area contributed by atoms with Crippen LogP contribution in [0.25, 0.3) is 0 Å². The number of carbonyl (C=O) groups is 2. The number of aromatic carboxylic acids is 1. The average molecular weight is 305 g/mol. The van der Waals surface area contributed by atoms with Gasteiger partial charge in [-0.3, -0.25) is 4.79 Å². The van der Waals surface area contributed by atoms with Crippen LogP contribution in [0, 0.1) is 6.92 Å². The molecule has 1 aromatic heterocycles. The highest BCUT2D eigenvalue weighted by Crippen LogP contribution is 2.19. The zero-order chi connectivity index (χ0) is 15.2. The van der Waals surface area contributed by atoms with Crippen molar-refractivity contribution in [1.82, 2.24) is 5.32 Å². The topological polar surface area (TPSA) is 75.6 Å². The minimum absolute atomic E-state index is 0.0986. The molecule has 1 aromatic carbocycles. The first-order chi connectivity index (χ1) is 10.1. The quantitative estimate of drug-likeness (QED) is 0.859. The second-order valence-electron chi connectivity index (χ2n) is 4.43. The number of rotatable bonds is 6. The summed E-state index contributed by atoms with van der Waals surface area (Å²) in [6.07, 6.45) is 0. The van der Waals surface area contributed by atoms with E-state index in [0.717, 1.165) is 4.88 Å². The summed E-state index contributed by atoms with van der Waals surface area (Å²) < 4.78 is 5.40. The molecule has 0 aliphatic rings. The van der Waals surface area contributed by atoms with Crippen molar-refractivity contribution in [3.05, 3.63) is 51.7 Å². The lowest BCUT2D eigenvalue weighted by atomic mass is 10.1. The molecule has 0 saturated carbocycles. The van der Waals surface area contributed by atoms with Crippen molar-refractivity contribution in [1.29, 1.82) is 0 Å². The number of ether oxygens (including phenoxy) is 1. The molecule has 1 heterocycles. The van der Waals surface area contributed by atoms with Crippen LogP contribution in [0.3, 0.4) is 0 Å². The third-order valence-electron chi connectivity index (χ3n) is 2.82. The predicted molar refractivity (Wildman–Crippen MR) is 79.8 cm³/mol. The summed E-state index contributed by atoms with van der Waals surface area (Å²) in [6, 6.07) is 8.40. The lowest BCUT2D eigenvalue weighted by Gasteiger charge is -2.09. The molecule has 0 atom stereocenters. The molecule has 0 spiro atoms. The summed E-state index contributed by atoms with van der Waals surface area (Å²) in [5, 5.41) is 13.6. The largest absolute Gasteiger partial charge is 0.484 e. The molecule has 6 heteroatoms. The first kappa shape index (κ1) is 15.1. The third kappa shape index (κ3) is 4.32. The number of carboxylic acid groups (broad SMARTS) is 1. The normalized spacial score (nSPS) is 10.1. The molecule has 0 radical (unpaired) electrons. The molecule has 0 unspecified atom stereocenters. The van der Waals surface area contributed by atoms with Crippen LogP contribution in [0.1, 0.15) is 20.8 Å². The number of hydrogen-bond donors (Lipinski definition) is 2. The molecule has 21 heavy (non-hydrogen) atoms. The average Bonchev–Trinajstić information content (AvgIpc) is 2.97. The Labute approximate surface area is 126 Å². The first-order valence-corrected chi connectivity index (χ1v) is 7.20. The van der Waals surface area contributed by atoms with E-state index in [0.29, 0.717) is 17.9 Å². The van der Waals surface area contributed by atoms with Gasteiger partial charge in [0.2, 0.25) is 0 Å². The zero-order valence-electron chi connectivity index (χ0n) is 11.5. The number of aryl methyl sites for hydroxylation is 1. The van der Waals surface area contributed by atoms with E-state index in [1.807, 2.05) is 17.5 Å². The Balaban J connectivity index is 1.85. The van der Waals surface area contributed by atoms with E-state index < -0.39 is 5.97 Å². The van der Waals surface area contributed by atoms with Crippen molar-refractivity contribution < 1.29 is 19.4 Å². The predicted octanol–water partition coefficient (Wildman–Crippen LogP) is 2.45. The maximum atomic E-state index is 11.7. The van der Waals surface area contributed by atoms with E-state index in [-0.39, 0.29) is 18.1 Å². The molecule has 0 bridgehead atoms. The summed E-state index contributed by atoms with van der Waals surface area (Å²) in [5.74, 6) is -0.699. The van der Waals surface area contributed by atoms with Crippen molar-refractivity contribution in [3.8, 4) is 5.75 Å². The molecule has 2 rings (SSSR count). The maximum absolute atomic E-state index is 11.7. The standard InChI is InChI=1S/C15H15NO4S/c1-10-7-11(15(18)19)4-5-13(10)20-9-14(17)16-8-12-3-2-6-21-12/h2-7H,8-9H2,1H3,(H,16,17)(H,18,19). The van der Waals surface area contributed by atoms with Gasteiger partial charge in [0.1, 0.15) is 5.75 Å². The van der Waals surface area contributed by atoms with Crippen molar-refractivity contribution in [2.24, 2.45) is 0 Å². The molecule has 0 fully saturated rings. The van der Waals surface area contributed by atoms with Crippen LogP contribution in [0.15, 0.2) is 35.7 Å². The lowest BCUT2D eigenvalue weighted by Crippen LogP contribution is -2.28. The van der Waals surface area contributed by atoms with Crippen LogP contribution < -0.4 is 10.1 Å². The highest BCUT2D eigenvalue weighted by Gasteiger charge is 2.08. The van der Waals surface area contributed by atoms with Crippen LogP contribution in [-0.4, -0.2) is 23.6 Å². The van der Waals surface area contributed by atoms with Crippen molar-refractivity contribution >= 4 is 23.2 Å². The van der Waals surface area contributed by atoms with Crippen LogP contribution in [0.4, 0.5) is 0 Å². The monoisotopic (exact) mass is 305 g/mol. The van der Waals surface area contributed by atoms with E-state index in [4.69, 9.17) is 9.84 Å². The van der Waals surface area contributed by atoms with Gasteiger partial charge in [0.25, 0.3) is 5.91 Å². The first-order valence-electron chi connectivity index (χ1n) is 6.32. The summed E-state index contributed by atoms with van der Waals surface area (Å²) in [6.45, 7) is 2.13.